The maximum absolute atomic E-state index is 13.4. The molecule has 0 bridgehead atoms. The molecule has 3 aliphatic heterocycles. The quantitative estimate of drug-likeness (QED) is 0.813. The maximum Gasteiger partial charge on any atom is 0.230 e. The summed E-state index contributed by atoms with van der Waals surface area (Å²) in [6.07, 6.45) is 1.57. The second kappa shape index (κ2) is 8.31. The van der Waals surface area contributed by atoms with Crippen molar-refractivity contribution in [3.8, 4) is 0 Å². The van der Waals surface area contributed by atoms with Crippen LogP contribution in [0.15, 0.2) is 48.5 Å². The number of likely N-dealkylation sites (tertiary alicyclic amines) is 1. The Labute approximate surface area is 182 Å². The summed E-state index contributed by atoms with van der Waals surface area (Å²) < 4.78 is 5.46. The summed E-state index contributed by atoms with van der Waals surface area (Å²) in [7, 11) is 0. The van der Waals surface area contributed by atoms with E-state index >= 15 is 0 Å². The van der Waals surface area contributed by atoms with Crippen LogP contribution >= 0.6 is 11.6 Å². The number of amides is 1. The molecule has 0 radical (unpaired) electrons. The van der Waals surface area contributed by atoms with E-state index in [1.165, 1.54) is 5.56 Å². The molecule has 0 aromatic heterocycles. The number of benzene rings is 2. The van der Waals surface area contributed by atoms with E-state index in [9.17, 15) is 9.90 Å². The zero-order valence-electron chi connectivity index (χ0n) is 16.9. The smallest absolute Gasteiger partial charge is 0.230 e. The molecule has 6 heteroatoms. The fraction of sp³-hybridized carbons (Fsp3) is 0.458. The van der Waals surface area contributed by atoms with Crippen molar-refractivity contribution in [3.63, 3.8) is 0 Å². The predicted octanol–water partition coefficient (Wildman–Crippen LogP) is 3.44. The van der Waals surface area contributed by atoms with Crippen LogP contribution in [0, 0.1) is 5.92 Å². The number of nitrogens with zero attached hydrogens (tertiary/aromatic N) is 2. The molecule has 0 saturated carbocycles. The highest BCUT2D eigenvalue weighted by molar-refractivity contribution is 6.31. The molecule has 158 valence electrons. The molecule has 0 unspecified atom stereocenters. The van der Waals surface area contributed by atoms with E-state index in [1.54, 1.807) is 0 Å². The van der Waals surface area contributed by atoms with Crippen molar-refractivity contribution in [1.29, 1.82) is 0 Å². The highest BCUT2D eigenvalue weighted by atomic mass is 35.5. The summed E-state index contributed by atoms with van der Waals surface area (Å²) in [5, 5.41) is 10.9. The van der Waals surface area contributed by atoms with Crippen molar-refractivity contribution >= 4 is 23.2 Å². The second-order valence-electron chi connectivity index (χ2n) is 8.50. The molecule has 0 aliphatic carbocycles. The van der Waals surface area contributed by atoms with Crippen molar-refractivity contribution in [1.82, 2.24) is 4.90 Å². The topological polar surface area (TPSA) is 53.0 Å². The molecule has 2 fully saturated rings. The summed E-state index contributed by atoms with van der Waals surface area (Å²) in [6, 6.07) is 16.3. The first kappa shape index (κ1) is 20.0. The molecular formula is C24H27ClN2O3. The number of carbonyl (C=O) groups excluding carboxylic acids is 1. The van der Waals surface area contributed by atoms with Gasteiger partial charge in [0.15, 0.2) is 0 Å². The van der Waals surface area contributed by atoms with Crippen LogP contribution in [0.5, 0.6) is 0 Å². The zero-order valence-corrected chi connectivity index (χ0v) is 17.7. The number of aliphatic hydroxyl groups excluding tert-OH is 1. The third-order valence-corrected chi connectivity index (χ3v) is 7.34. The van der Waals surface area contributed by atoms with E-state index in [0.29, 0.717) is 26.3 Å². The number of anilines is 1. The third-order valence-electron chi connectivity index (χ3n) is 6.97. The molecule has 1 N–H and O–H groups in total. The molecule has 3 aliphatic rings. The van der Waals surface area contributed by atoms with Crippen LogP contribution in [0.4, 0.5) is 5.69 Å². The standard InChI is InChI=1S/C24H27ClN2O3/c25-19-7-3-1-5-17(19)13-26-21-14-27(24(29)16-9-11-30-12-10-16)20-8-4-2-6-18(20)23(21)22(26)15-28/h1-8,16,21-23,28H,9-15H2/t21-,22+,23+/m1/s1. The van der Waals surface area contributed by atoms with Gasteiger partial charge in [-0.2, -0.15) is 0 Å². The Hall–Kier alpha value is -1.92. The summed E-state index contributed by atoms with van der Waals surface area (Å²) in [6.45, 7) is 2.73. The van der Waals surface area contributed by atoms with Crippen molar-refractivity contribution < 1.29 is 14.6 Å². The van der Waals surface area contributed by atoms with Crippen molar-refractivity contribution in [2.75, 3.05) is 31.3 Å². The van der Waals surface area contributed by atoms with E-state index in [0.717, 1.165) is 29.1 Å². The molecular weight excluding hydrogens is 400 g/mol. The lowest BCUT2D eigenvalue weighted by molar-refractivity contribution is -0.126. The first-order chi connectivity index (χ1) is 14.7. The lowest BCUT2D eigenvalue weighted by atomic mass is 9.71. The summed E-state index contributed by atoms with van der Waals surface area (Å²) in [4.78, 5) is 17.7. The third kappa shape index (κ3) is 3.34. The largest absolute Gasteiger partial charge is 0.395 e. The number of halogens is 1. The monoisotopic (exact) mass is 426 g/mol. The molecule has 2 aromatic carbocycles. The lowest BCUT2D eigenvalue weighted by Crippen LogP contribution is -2.69. The Bertz CT molecular complexity index is 930. The van der Waals surface area contributed by atoms with Crippen LogP contribution < -0.4 is 4.90 Å². The number of ether oxygens (including phenoxy) is 1. The van der Waals surface area contributed by atoms with Gasteiger partial charge in [0, 0.05) is 60.9 Å². The van der Waals surface area contributed by atoms with Gasteiger partial charge < -0.3 is 14.7 Å². The Morgan fingerprint density at radius 1 is 1.10 bits per heavy atom. The molecule has 30 heavy (non-hydrogen) atoms. The summed E-state index contributed by atoms with van der Waals surface area (Å²) >= 11 is 6.41. The SMILES string of the molecule is O=C(C1CCOCC1)N1C[C@@H]2[C@H](c3ccccc31)[C@H](CO)N2Cc1ccccc1Cl. The fourth-order valence-corrected chi connectivity index (χ4v) is 5.59. The van der Waals surface area contributed by atoms with E-state index < -0.39 is 0 Å². The van der Waals surface area contributed by atoms with E-state index in [4.69, 9.17) is 16.3 Å². The Morgan fingerprint density at radius 3 is 2.60 bits per heavy atom. The van der Waals surface area contributed by atoms with Gasteiger partial charge in [0.2, 0.25) is 5.91 Å². The van der Waals surface area contributed by atoms with Crippen LogP contribution in [0.1, 0.15) is 29.9 Å². The maximum atomic E-state index is 13.4. The zero-order chi connectivity index (χ0) is 20.7. The van der Waals surface area contributed by atoms with Gasteiger partial charge in [-0.3, -0.25) is 9.69 Å². The minimum Gasteiger partial charge on any atom is -0.395 e. The molecule has 3 atom stereocenters. The number of carbonyl (C=O) groups is 1. The number of para-hydroxylation sites is 1. The first-order valence-electron chi connectivity index (χ1n) is 10.8. The molecule has 0 spiro atoms. The fourth-order valence-electron chi connectivity index (χ4n) is 5.40. The van der Waals surface area contributed by atoms with Gasteiger partial charge in [0.1, 0.15) is 0 Å². The van der Waals surface area contributed by atoms with Crippen molar-refractivity contribution in [2.45, 2.75) is 37.4 Å². The Balaban J connectivity index is 1.45. The average Bonchev–Trinajstić information content (AvgIpc) is 2.78. The molecule has 5 rings (SSSR count). The molecule has 3 heterocycles. The molecule has 5 nitrogen and oxygen atoms in total. The van der Waals surface area contributed by atoms with E-state index in [-0.39, 0.29) is 36.4 Å². The summed E-state index contributed by atoms with van der Waals surface area (Å²) in [5.74, 6) is 0.454. The minimum atomic E-state index is 0.0223. The van der Waals surface area contributed by atoms with E-state index in [1.807, 2.05) is 47.4 Å². The van der Waals surface area contributed by atoms with Gasteiger partial charge in [0.05, 0.1) is 6.61 Å². The normalized spacial score (nSPS) is 26.6. The summed E-state index contributed by atoms with van der Waals surface area (Å²) in [5.41, 5.74) is 3.23. The van der Waals surface area contributed by atoms with Gasteiger partial charge in [-0.05, 0) is 36.1 Å². The second-order valence-corrected chi connectivity index (χ2v) is 8.91. The highest BCUT2D eigenvalue weighted by Crippen LogP contribution is 2.49. The van der Waals surface area contributed by atoms with Crippen molar-refractivity contribution in [3.05, 3.63) is 64.7 Å². The van der Waals surface area contributed by atoms with E-state index in [2.05, 4.69) is 11.0 Å². The van der Waals surface area contributed by atoms with Crippen LogP contribution in [0.2, 0.25) is 5.02 Å². The number of hydrogen-bond acceptors (Lipinski definition) is 4. The number of aliphatic hydroxyl groups is 1. The average molecular weight is 427 g/mol. The Kier molecular flexibility index (Phi) is 5.54. The van der Waals surface area contributed by atoms with Gasteiger partial charge in [-0.1, -0.05) is 48.0 Å². The first-order valence-corrected chi connectivity index (χ1v) is 11.1. The molecule has 1 amide bonds. The van der Waals surface area contributed by atoms with Gasteiger partial charge in [-0.15, -0.1) is 0 Å². The van der Waals surface area contributed by atoms with Crippen molar-refractivity contribution in [2.24, 2.45) is 5.92 Å². The van der Waals surface area contributed by atoms with Crippen LogP contribution in [0.25, 0.3) is 0 Å². The van der Waals surface area contributed by atoms with Gasteiger partial charge in [0.25, 0.3) is 0 Å². The van der Waals surface area contributed by atoms with Crippen LogP contribution in [0.3, 0.4) is 0 Å². The lowest BCUT2D eigenvalue weighted by Gasteiger charge is -2.59. The van der Waals surface area contributed by atoms with Crippen LogP contribution in [-0.4, -0.2) is 54.4 Å². The molecule has 2 aromatic rings. The number of rotatable bonds is 4. The predicted molar refractivity (Wildman–Crippen MR) is 117 cm³/mol. The Morgan fingerprint density at radius 2 is 1.83 bits per heavy atom. The molecule has 2 saturated heterocycles. The van der Waals surface area contributed by atoms with Crippen LogP contribution in [-0.2, 0) is 16.1 Å². The number of fused-ring (bicyclic) bond motifs is 3. The van der Waals surface area contributed by atoms with Gasteiger partial charge >= 0.3 is 0 Å². The van der Waals surface area contributed by atoms with Gasteiger partial charge in [-0.25, -0.2) is 0 Å². The minimum absolute atomic E-state index is 0.0223. The highest BCUT2D eigenvalue weighted by Gasteiger charge is 2.53. The number of hydrogen-bond donors (Lipinski definition) is 1.